The summed E-state index contributed by atoms with van der Waals surface area (Å²) >= 11 is 1.77. The lowest BCUT2D eigenvalue weighted by molar-refractivity contribution is 0.148. The van der Waals surface area contributed by atoms with Gasteiger partial charge in [-0.05, 0) is 36.0 Å². The minimum absolute atomic E-state index is 0.517. The maximum absolute atomic E-state index is 5.96. The zero-order valence-corrected chi connectivity index (χ0v) is 16.3. The monoisotopic (exact) mass is 371 g/mol. The SMILES string of the molecule is CN1CCN(Cc2ccc(CN=C(N)NCCc3cccs3)cc2)CC1. The Balaban J connectivity index is 1.40. The molecule has 140 valence electrons. The first kappa shape index (κ1) is 18.9. The molecule has 0 bridgehead atoms. The highest BCUT2D eigenvalue weighted by atomic mass is 32.1. The molecule has 6 heteroatoms. The summed E-state index contributed by atoms with van der Waals surface area (Å²) in [5.74, 6) is 0.517. The van der Waals surface area contributed by atoms with Gasteiger partial charge in [0.2, 0.25) is 0 Å². The lowest BCUT2D eigenvalue weighted by Gasteiger charge is -2.32. The van der Waals surface area contributed by atoms with Gasteiger partial charge >= 0.3 is 0 Å². The Kier molecular flexibility index (Phi) is 7.05. The van der Waals surface area contributed by atoms with Crippen LogP contribution in [0.25, 0.3) is 0 Å². The summed E-state index contributed by atoms with van der Waals surface area (Å²) in [7, 11) is 2.19. The Morgan fingerprint density at radius 1 is 1.12 bits per heavy atom. The molecule has 1 aliphatic rings. The van der Waals surface area contributed by atoms with Crippen molar-refractivity contribution in [3.63, 3.8) is 0 Å². The van der Waals surface area contributed by atoms with E-state index in [4.69, 9.17) is 5.73 Å². The van der Waals surface area contributed by atoms with Crippen LogP contribution in [0, 0.1) is 0 Å². The van der Waals surface area contributed by atoms with Crippen LogP contribution in [0.3, 0.4) is 0 Å². The van der Waals surface area contributed by atoms with Gasteiger partial charge in [0.25, 0.3) is 0 Å². The van der Waals surface area contributed by atoms with Crippen LogP contribution in [0.4, 0.5) is 0 Å². The third-order valence-corrected chi connectivity index (χ3v) is 5.65. The van der Waals surface area contributed by atoms with E-state index in [9.17, 15) is 0 Å². The molecule has 1 saturated heterocycles. The summed E-state index contributed by atoms with van der Waals surface area (Å²) < 4.78 is 0. The lowest BCUT2D eigenvalue weighted by Crippen LogP contribution is -2.43. The summed E-state index contributed by atoms with van der Waals surface area (Å²) in [6.07, 6.45) is 0.981. The molecular weight excluding hydrogens is 342 g/mol. The number of likely N-dealkylation sites (N-methyl/N-ethyl adjacent to an activating group) is 1. The van der Waals surface area contributed by atoms with Crippen LogP contribution in [0.5, 0.6) is 0 Å². The number of hydrogen-bond acceptors (Lipinski definition) is 4. The van der Waals surface area contributed by atoms with E-state index in [1.807, 2.05) is 0 Å². The number of thiophene rings is 1. The zero-order valence-electron chi connectivity index (χ0n) is 15.5. The van der Waals surface area contributed by atoms with Crippen molar-refractivity contribution in [2.24, 2.45) is 10.7 Å². The van der Waals surface area contributed by atoms with Gasteiger partial charge in [0.15, 0.2) is 5.96 Å². The Morgan fingerprint density at radius 2 is 1.85 bits per heavy atom. The summed E-state index contributed by atoms with van der Waals surface area (Å²) in [6, 6.07) is 13.0. The van der Waals surface area contributed by atoms with Crippen molar-refractivity contribution in [3.05, 3.63) is 57.8 Å². The number of hydrogen-bond donors (Lipinski definition) is 2. The van der Waals surface area contributed by atoms with Crippen molar-refractivity contribution >= 4 is 17.3 Å². The molecule has 1 fully saturated rings. The topological polar surface area (TPSA) is 56.9 Å². The van der Waals surface area contributed by atoms with Crippen molar-refractivity contribution in [2.75, 3.05) is 39.8 Å². The maximum atomic E-state index is 5.96. The fourth-order valence-electron chi connectivity index (χ4n) is 3.02. The molecule has 3 N–H and O–H groups in total. The smallest absolute Gasteiger partial charge is 0.188 e. The Morgan fingerprint density at radius 3 is 2.54 bits per heavy atom. The number of nitrogens with one attached hydrogen (secondary N) is 1. The van der Waals surface area contributed by atoms with Crippen molar-refractivity contribution in [1.29, 1.82) is 0 Å². The summed E-state index contributed by atoms with van der Waals surface area (Å²) in [4.78, 5) is 10.7. The van der Waals surface area contributed by atoms with Crippen molar-refractivity contribution < 1.29 is 0 Å². The van der Waals surface area contributed by atoms with E-state index in [1.165, 1.54) is 16.0 Å². The second-order valence-electron chi connectivity index (χ2n) is 6.85. The summed E-state index contributed by atoms with van der Waals surface area (Å²) in [6.45, 7) is 7.08. The Bertz CT molecular complexity index is 673. The number of nitrogens with two attached hydrogens (primary N) is 1. The summed E-state index contributed by atoms with van der Waals surface area (Å²) in [5, 5.41) is 5.28. The number of aliphatic imine (C=N–C) groups is 1. The summed E-state index contributed by atoms with van der Waals surface area (Å²) in [5.41, 5.74) is 8.51. The predicted molar refractivity (Wildman–Crippen MR) is 111 cm³/mol. The van der Waals surface area contributed by atoms with Crippen LogP contribution < -0.4 is 11.1 Å². The molecule has 0 spiro atoms. The maximum Gasteiger partial charge on any atom is 0.188 e. The van der Waals surface area contributed by atoms with Gasteiger partial charge in [-0.3, -0.25) is 4.90 Å². The molecule has 0 aliphatic carbocycles. The van der Waals surface area contributed by atoms with E-state index in [0.29, 0.717) is 12.5 Å². The molecule has 0 amide bonds. The molecule has 26 heavy (non-hydrogen) atoms. The van der Waals surface area contributed by atoms with Crippen molar-refractivity contribution in [1.82, 2.24) is 15.1 Å². The normalized spacial score (nSPS) is 16.7. The largest absolute Gasteiger partial charge is 0.370 e. The van der Waals surface area contributed by atoms with Gasteiger partial charge in [0, 0.05) is 44.1 Å². The van der Waals surface area contributed by atoms with E-state index in [-0.39, 0.29) is 0 Å². The van der Waals surface area contributed by atoms with Gasteiger partial charge in [-0.1, -0.05) is 30.3 Å². The highest BCUT2D eigenvalue weighted by Crippen LogP contribution is 2.11. The molecule has 5 nitrogen and oxygen atoms in total. The van der Waals surface area contributed by atoms with Crippen LogP contribution in [0.2, 0.25) is 0 Å². The standard InChI is InChI=1S/C20H29N5S/c1-24-10-12-25(13-11-24)16-18-6-4-17(5-7-18)15-23-20(21)22-9-8-19-3-2-14-26-19/h2-7,14H,8-13,15-16H2,1H3,(H3,21,22,23). The third-order valence-electron chi connectivity index (χ3n) is 4.71. The van der Waals surface area contributed by atoms with Crippen molar-refractivity contribution in [2.45, 2.75) is 19.5 Å². The van der Waals surface area contributed by atoms with Crippen LogP contribution in [-0.4, -0.2) is 55.5 Å². The number of rotatable bonds is 7. The van der Waals surface area contributed by atoms with E-state index in [0.717, 1.165) is 45.7 Å². The first-order chi connectivity index (χ1) is 12.7. The fourth-order valence-corrected chi connectivity index (χ4v) is 3.72. The number of nitrogens with zero attached hydrogens (tertiary/aromatic N) is 3. The first-order valence-corrected chi connectivity index (χ1v) is 10.1. The quantitative estimate of drug-likeness (QED) is 0.578. The molecule has 3 rings (SSSR count). The zero-order chi connectivity index (χ0) is 18.2. The Hall–Kier alpha value is -1.89. The Labute approximate surface area is 160 Å². The molecule has 0 unspecified atom stereocenters. The predicted octanol–water partition coefficient (Wildman–Crippen LogP) is 2.14. The van der Waals surface area contributed by atoms with Crippen LogP contribution in [0.1, 0.15) is 16.0 Å². The van der Waals surface area contributed by atoms with Gasteiger partial charge < -0.3 is 16.0 Å². The lowest BCUT2D eigenvalue weighted by atomic mass is 10.1. The minimum Gasteiger partial charge on any atom is -0.370 e. The molecule has 2 aromatic rings. The average Bonchev–Trinajstić information content (AvgIpc) is 3.16. The van der Waals surface area contributed by atoms with Gasteiger partial charge in [0.05, 0.1) is 6.54 Å². The van der Waals surface area contributed by atoms with E-state index in [2.05, 4.69) is 68.9 Å². The number of guanidine groups is 1. The molecule has 0 atom stereocenters. The molecule has 1 aromatic heterocycles. The number of benzene rings is 1. The van der Waals surface area contributed by atoms with Crippen LogP contribution in [0.15, 0.2) is 46.8 Å². The molecule has 2 heterocycles. The molecule has 0 radical (unpaired) electrons. The highest BCUT2D eigenvalue weighted by molar-refractivity contribution is 7.09. The molecule has 0 saturated carbocycles. The van der Waals surface area contributed by atoms with Gasteiger partial charge in [-0.25, -0.2) is 4.99 Å². The first-order valence-electron chi connectivity index (χ1n) is 9.24. The molecular formula is C20H29N5S. The van der Waals surface area contributed by atoms with Crippen LogP contribution in [-0.2, 0) is 19.5 Å². The highest BCUT2D eigenvalue weighted by Gasteiger charge is 2.13. The third kappa shape index (κ3) is 6.12. The van der Waals surface area contributed by atoms with E-state index in [1.54, 1.807) is 11.3 Å². The van der Waals surface area contributed by atoms with Crippen LogP contribution >= 0.6 is 11.3 Å². The van der Waals surface area contributed by atoms with Gasteiger partial charge in [-0.15, -0.1) is 11.3 Å². The second kappa shape index (κ2) is 9.71. The fraction of sp³-hybridized carbons (Fsp3) is 0.450. The molecule has 1 aromatic carbocycles. The molecule has 1 aliphatic heterocycles. The second-order valence-corrected chi connectivity index (χ2v) is 7.89. The van der Waals surface area contributed by atoms with E-state index >= 15 is 0 Å². The van der Waals surface area contributed by atoms with Gasteiger partial charge in [0.1, 0.15) is 0 Å². The van der Waals surface area contributed by atoms with Gasteiger partial charge in [-0.2, -0.15) is 0 Å². The average molecular weight is 372 g/mol. The van der Waals surface area contributed by atoms with E-state index < -0.39 is 0 Å². The minimum atomic E-state index is 0.517. The number of piperazine rings is 1. The van der Waals surface area contributed by atoms with Crippen molar-refractivity contribution in [3.8, 4) is 0 Å².